The van der Waals surface area contributed by atoms with Crippen molar-refractivity contribution >= 4 is 27.3 Å². The van der Waals surface area contributed by atoms with Crippen LogP contribution in [0, 0.1) is 12.7 Å². The van der Waals surface area contributed by atoms with Crippen LogP contribution in [-0.2, 0) is 10.0 Å². The monoisotopic (exact) mass is 433 g/mol. The minimum Gasteiger partial charge on any atom is -0.370 e. The Balaban J connectivity index is 1.94. The van der Waals surface area contributed by atoms with Gasteiger partial charge in [0.1, 0.15) is 11.5 Å². The molecule has 0 saturated carbocycles. The zero-order valence-corrected chi connectivity index (χ0v) is 18.4. The molecular formula is C22H28FN3O3S. The number of hydrogen-bond acceptors (Lipinski definition) is 4. The first kappa shape index (κ1) is 22.2. The molecule has 6 nitrogen and oxygen atoms in total. The molecule has 0 unspecified atom stereocenters. The van der Waals surface area contributed by atoms with Gasteiger partial charge in [-0.25, -0.2) is 12.8 Å². The molecule has 8 heteroatoms. The fourth-order valence-corrected chi connectivity index (χ4v) is 5.47. The second kappa shape index (κ2) is 9.14. The Hall–Kier alpha value is -2.45. The lowest BCUT2D eigenvalue weighted by molar-refractivity contribution is 0.102. The van der Waals surface area contributed by atoms with Gasteiger partial charge < -0.3 is 10.2 Å². The second-order valence-corrected chi connectivity index (χ2v) is 9.26. The van der Waals surface area contributed by atoms with Crippen LogP contribution in [-0.4, -0.2) is 44.8 Å². The minimum absolute atomic E-state index is 0.0900. The van der Waals surface area contributed by atoms with E-state index in [0.29, 0.717) is 24.3 Å². The van der Waals surface area contributed by atoms with Gasteiger partial charge in [-0.05, 0) is 49.6 Å². The van der Waals surface area contributed by atoms with Crippen molar-refractivity contribution in [1.29, 1.82) is 0 Å². The molecule has 0 aromatic heterocycles. The topological polar surface area (TPSA) is 69.7 Å². The molecule has 1 fully saturated rings. The molecular weight excluding hydrogens is 405 g/mol. The van der Waals surface area contributed by atoms with E-state index in [4.69, 9.17) is 0 Å². The van der Waals surface area contributed by atoms with Crippen LogP contribution in [0.4, 0.5) is 15.8 Å². The predicted octanol–water partition coefficient (Wildman–Crippen LogP) is 4.02. The number of amides is 1. The average Bonchev–Trinajstić information content (AvgIpc) is 3.25. The van der Waals surface area contributed by atoms with Gasteiger partial charge in [-0.1, -0.05) is 26.0 Å². The second-order valence-electron chi connectivity index (χ2n) is 7.35. The summed E-state index contributed by atoms with van der Waals surface area (Å²) in [5.41, 5.74) is 1.49. The third-order valence-electron chi connectivity index (χ3n) is 5.45. The zero-order valence-electron chi connectivity index (χ0n) is 17.6. The number of sulfonamides is 1. The summed E-state index contributed by atoms with van der Waals surface area (Å²) in [4.78, 5) is 15.1. The van der Waals surface area contributed by atoms with Gasteiger partial charge in [-0.2, -0.15) is 4.31 Å². The van der Waals surface area contributed by atoms with E-state index >= 15 is 0 Å². The maximum atomic E-state index is 14.6. The normalized spacial score (nSPS) is 14.4. The fraction of sp³-hybridized carbons (Fsp3) is 0.409. The van der Waals surface area contributed by atoms with Crippen LogP contribution in [0.5, 0.6) is 0 Å². The first-order chi connectivity index (χ1) is 14.3. The first-order valence-corrected chi connectivity index (χ1v) is 11.7. The summed E-state index contributed by atoms with van der Waals surface area (Å²) in [5, 5.41) is 2.66. The van der Waals surface area contributed by atoms with Crippen molar-refractivity contribution in [2.45, 2.75) is 38.5 Å². The van der Waals surface area contributed by atoms with Gasteiger partial charge in [-0.15, -0.1) is 0 Å². The number of nitrogens with one attached hydrogen (secondary N) is 1. The smallest absolute Gasteiger partial charge is 0.255 e. The van der Waals surface area contributed by atoms with Crippen LogP contribution < -0.4 is 10.2 Å². The van der Waals surface area contributed by atoms with Crippen molar-refractivity contribution in [3.8, 4) is 0 Å². The van der Waals surface area contributed by atoms with E-state index in [1.807, 2.05) is 4.90 Å². The van der Waals surface area contributed by atoms with Crippen molar-refractivity contribution in [1.82, 2.24) is 4.31 Å². The summed E-state index contributed by atoms with van der Waals surface area (Å²) in [5.74, 6) is -1.06. The minimum atomic E-state index is -3.72. The van der Waals surface area contributed by atoms with Crippen molar-refractivity contribution in [3.63, 3.8) is 0 Å². The Morgan fingerprint density at radius 3 is 2.43 bits per heavy atom. The summed E-state index contributed by atoms with van der Waals surface area (Å²) in [6, 6.07) is 9.25. The molecule has 0 bridgehead atoms. The molecule has 3 rings (SSSR count). The molecule has 1 N–H and O–H groups in total. The molecule has 0 spiro atoms. The van der Waals surface area contributed by atoms with E-state index in [2.05, 4.69) is 5.32 Å². The highest BCUT2D eigenvalue weighted by Gasteiger charge is 2.25. The molecule has 0 radical (unpaired) electrons. The molecule has 1 amide bonds. The van der Waals surface area contributed by atoms with Gasteiger partial charge in [0.25, 0.3) is 5.91 Å². The molecule has 0 aliphatic carbocycles. The molecule has 30 heavy (non-hydrogen) atoms. The van der Waals surface area contributed by atoms with E-state index in [0.717, 1.165) is 25.9 Å². The van der Waals surface area contributed by atoms with Gasteiger partial charge in [0, 0.05) is 31.7 Å². The number of halogens is 1. The van der Waals surface area contributed by atoms with Crippen LogP contribution in [0.3, 0.4) is 0 Å². The summed E-state index contributed by atoms with van der Waals surface area (Å²) < 4.78 is 41.8. The Labute approximate surface area is 177 Å². The molecule has 0 atom stereocenters. The summed E-state index contributed by atoms with van der Waals surface area (Å²) in [6.07, 6.45) is 2.04. The number of aryl methyl sites for hydroxylation is 1. The summed E-state index contributed by atoms with van der Waals surface area (Å²) >= 11 is 0. The number of anilines is 2. The van der Waals surface area contributed by atoms with Crippen LogP contribution in [0.2, 0.25) is 0 Å². The van der Waals surface area contributed by atoms with Gasteiger partial charge in [0.05, 0.1) is 10.6 Å². The lowest BCUT2D eigenvalue weighted by Crippen LogP contribution is -2.31. The Morgan fingerprint density at radius 1 is 1.13 bits per heavy atom. The standard InChI is InChI=1S/C22H28FN3O3S/c1-4-26(5-2)30(28,29)20-15-17(12-11-16(20)3)22(27)24-21-18(23)9-8-10-19(21)25-13-6-7-14-25/h8-12,15H,4-7,13-14H2,1-3H3,(H,24,27). The van der Waals surface area contributed by atoms with Gasteiger partial charge >= 0.3 is 0 Å². The number of rotatable bonds is 7. The van der Waals surface area contributed by atoms with E-state index in [1.165, 1.54) is 16.4 Å². The SMILES string of the molecule is CCN(CC)S(=O)(=O)c1cc(C(=O)Nc2c(F)cccc2N2CCCC2)ccc1C. The van der Waals surface area contributed by atoms with Crippen molar-refractivity contribution in [3.05, 3.63) is 53.3 Å². The average molecular weight is 434 g/mol. The van der Waals surface area contributed by atoms with E-state index in [9.17, 15) is 17.6 Å². The number of benzene rings is 2. The van der Waals surface area contributed by atoms with Gasteiger partial charge in [0.2, 0.25) is 10.0 Å². The molecule has 1 heterocycles. The summed E-state index contributed by atoms with van der Waals surface area (Å²) in [7, 11) is -3.72. The number of carbonyl (C=O) groups is 1. The molecule has 2 aromatic rings. The maximum absolute atomic E-state index is 14.6. The Kier molecular flexibility index (Phi) is 6.77. The van der Waals surface area contributed by atoms with E-state index in [1.54, 1.807) is 45.0 Å². The number of para-hydroxylation sites is 1. The lowest BCUT2D eigenvalue weighted by atomic mass is 10.1. The predicted molar refractivity (Wildman–Crippen MR) is 117 cm³/mol. The first-order valence-electron chi connectivity index (χ1n) is 10.2. The van der Waals surface area contributed by atoms with Crippen LogP contribution in [0.1, 0.15) is 42.6 Å². The molecule has 2 aromatic carbocycles. The van der Waals surface area contributed by atoms with Crippen molar-refractivity contribution in [2.24, 2.45) is 0 Å². The van der Waals surface area contributed by atoms with Crippen molar-refractivity contribution in [2.75, 3.05) is 36.4 Å². The number of nitrogens with zero attached hydrogens (tertiary/aromatic N) is 2. The third kappa shape index (κ3) is 4.34. The molecule has 1 saturated heterocycles. The highest BCUT2D eigenvalue weighted by molar-refractivity contribution is 7.89. The highest BCUT2D eigenvalue weighted by atomic mass is 32.2. The van der Waals surface area contributed by atoms with E-state index in [-0.39, 0.29) is 16.1 Å². The van der Waals surface area contributed by atoms with Crippen LogP contribution in [0.15, 0.2) is 41.3 Å². The van der Waals surface area contributed by atoms with Gasteiger partial charge in [0.15, 0.2) is 0 Å². The molecule has 1 aliphatic rings. The highest BCUT2D eigenvalue weighted by Crippen LogP contribution is 2.32. The number of hydrogen-bond donors (Lipinski definition) is 1. The molecule has 1 aliphatic heterocycles. The third-order valence-corrected chi connectivity index (χ3v) is 7.64. The van der Waals surface area contributed by atoms with Crippen LogP contribution >= 0.6 is 0 Å². The maximum Gasteiger partial charge on any atom is 0.255 e. The zero-order chi connectivity index (χ0) is 21.9. The Morgan fingerprint density at radius 2 is 1.80 bits per heavy atom. The fourth-order valence-electron chi connectivity index (χ4n) is 3.77. The van der Waals surface area contributed by atoms with E-state index < -0.39 is 21.7 Å². The van der Waals surface area contributed by atoms with Crippen LogP contribution in [0.25, 0.3) is 0 Å². The molecule has 162 valence electrons. The summed E-state index contributed by atoms with van der Waals surface area (Å²) in [6.45, 7) is 7.52. The van der Waals surface area contributed by atoms with Crippen molar-refractivity contribution < 1.29 is 17.6 Å². The van der Waals surface area contributed by atoms with Gasteiger partial charge in [-0.3, -0.25) is 4.79 Å². The largest absolute Gasteiger partial charge is 0.370 e. The Bertz CT molecular complexity index is 1030. The lowest BCUT2D eigenvalue weighted by Gasteiger charge is -2.22. The quantitative estimate of drug-likeness (QED) is 0.716. The number of carbonyl (C=O) groups excluding carboxylic acids is 1.